The first-order valence-electron chi connectivity index (χ1n) is 13.5. The highest BCUT2D eigenvalue weighted by Gasteiger charge is 2.27. The topological polar surface area (TPSA) is 81.5 Å². The van der Waals surface area contributed by atoms with Crippen LogP contribution >= 0.6 is 22.9 Å². The van der Waals surface area contributed by atoms with Crippen LogP contribution in [0.1, 0.15) is 33.2 Å². The van der Waals surface area contributed by atoms with E-state index in [2.05, 4.69) is 16.4 Å². The summed E-state index contributed by atoms with van der Waals surface area (Å²) in [5, 5.41) is 15.3. The molecule has 1 N–H and O–H groups in total. The standard InChI is InChI=1S/C32H32ClN5O2S/c1-37(2)15-6-9-29(39)38-16-14-26-28(19-38)41-32-30(26)31(24(17-34)18-35-32)36-27(23-10-12-25(33)13-11-23)21-40-20-22-7-4-3-5-8-22/h3-13,18,27H,14-16,19-21H2,1-2H3,(H,35,36)/b9-6+/t27-/m1/s1. The molecule has 0 aliphatic carbocycles. The second kappa shape index (κ2) is 13.3. The molecule has 3 heterocycles. The predicted molar refractivity (Wildman–Crippen MR) is 165 cm³/mol. The Kier molecular flexibility index (Phi) is 9.32. The monoisotopic (exact) mass is 585 g/mol. The summed E-state index contributed by atoms with van der Waals surface area (Å²) < 4.78 is 6.16. The van der Waals surface area contributed by atoms with Crippen molar-refractivity contribution < 1.29 is 9.53 Å². The lowest BCUT2D eigenvalue weighted by atomic mass is 10.0. The van der Waals surface area contributed by atoms with Crippen LogP contribution in [0.5, 0.6) is 0 Å². The summed E-state index contributed by atoms with van der Waals surface area (Å²) in [6, 6.07) is 19.8. The van der Waals surface area contributed by atoms with Crippen molar-refractivity contribution in [1.82, 2.24) is 14.8 Å². The zero-order valence-corrected chi connectivity index (χ0v) is 24.7. The number of nitriles is 1. The molecule has 0 fully saturated rings. The molecule has 0 unspecified atom stereocenters. The Morgan fingerprint density at radius 3 is 2.76 bits per heavy atom. The van der Waals surface area contributed by atoms with Gasteiger partial charge < -0.3 is 19.9 Å². The highest BCUT2D eigenvalue weighted by atomic mass is 35.5. The van der Waals surface area contributed by atoms with Gasteiger partial charge in [0, 0.05) is 40.6 Å². The van der Waals surface area contributed by atoms with Gasteiger partial charge in [-0.25, -0.2) is 4.98 Å². The van der Waals surface area contributed by atoms with Crippen molar-refractivity contribution in [2.45, 2.75) is 25.6 Å². The Morgan fingerprint density at radius 1 is 1.24 bits per heavy atom. The van der Waals surface area contributed by atoms with Gasteiger partial charge in [-0.1, -0.05) is 60.1 Å². The second-order valence-electron chi connectivity index (χ2n) is 10.3. The maximum absolute atomic E-state index is 12.8. The van der Waals surface area contributed by atoms with E-state index < -0.39 is 0 Å². The van der Waals surface area contributed by atoms with Crippen molar-refractivity contribution in [3.05, 3.63) is 105 Å². The van der Waals surface area contributed by atoms with Gasteiger partial charge in [0.25, 0.3) is 0 Å². The highest BCUT2D eigenvalue weighted by molar-refractivity contribution is 7.19. The first-order chi connectivity index (χ1) is 19.9. The SMILES string of the molecule is CN(C)C/C=C/C(=O)N1CCc2c(sc3ncc(C#N)c(N[C@H](COCc4ccccc4)c4ccc(Cl)cc4)c23)C1. The number of pyridine rings is 1. The molecule has 0 bridgehead atoms. The van der Waals surface area contributed by atoms with Gasteiger partial charge in [0.1, 0.15) is 10.9 Å². The van der Waals surface area contributed by atoms with Crippen molar-refractivity contribution in [3.8, 4) is 6.07 Å². The molecular formula is C32H32ClN5O2S. The van der Waals surface area contributed by atoms with E-state index in [1.165, 1.54) is 0 Å². The van der Waals surface area contributed by atoms with Crippen LogP contribution in [0.2, 0.25) is 5.02 Å². The van der Waals surface area contributed by atoms with Crippen molar-refractivity contribution in [2.24, 2.45) is 0 Å². The van der Waals surface area contributed by atoms with Crippen molar-refractivity contribution in [3.63, 3.8) is 0 Å². The number of likely N-dealkylation sites (N-methyl/N-ethyl adjacent to an activating group) is 1. The van der Waals surface area contributed by atoms with Gasteiger partial charge in [-0.3, -0.25) is 4.79 Å². The summed E-state index contributed by atoms with van der Waals surface area (Å²) in [5.74, 6) is 0.0114. The maximum atomic E-state index is 12.8. The van der Waals surface area contributed by atoms with Crippen LogP contribution in [-0.2, 0) is 29.1 Å². The van der Waals surface area contributed by atoms with E-state index in [-0.39, 0.29) is 11.9 Å². The van der Waals surface area contributed by atoms with E-state index >= 15 is 0 Å². The fourth-order valence-corrected chi connectivity index (χ4v) is 6.25. The third-order valence-corrected chi connectivity index (χ3v) is 8.40. The normalized spacial score (nSPS) is 13.9. The molecule has 5 rings (SSSR count). The highest BCUT2D eigenvalue weighted by Crippen LogP contribution is 2.41. The number of nitrogens with zero attached hydrogens (tertiary/aromatic N) is 4. The van der Waals surface area contributed by atoms with E-state index in [0.717, 1.165) is 37.5 Å². The number of hydrogen-bond acceptors (Lipinski definition) is 7. The van der Waals surface area contributed by atoms with Gasteiger partial charge in [-0.05, 0) is 49.3 Å². The largest absolute Gasteiger partial charge is 0.374 e. The van der Waals surface area contributed by atoms with Gasteiger partial charge >= 0.3 is 0 Å². The lowest BCUT2D eigenvalue weighted by Crippen LogP contribution is -2.34. The molecule has 2 aromatic heterocycles. The first kappa shape index (κ1) is 28.8. The smallest absolute Gasteiger partial charge is 0.246 e. The number of hydrogen-bond donors (Lipinski definition) is 1. The molecule has 9 heteroatoms. The lowest BCUT2D eigenvalue weighted by Gasteiger charge is -2.27. The van der Waals surface area contributed by atoms with Crippen molar-refractivity contribution in [2.75, 3.05) is 39.1 Å². The minimum atomic E-state index is -0.229. The minimum absolute atomic E-state index is 0.0114. The summed E-state index contributed by atoms with van der Waals surface area (Å²) >= 11 is 7.78. The fourth-order valence-electron chi connectivity index (χ4n) is 4.91. The molecule has 1 amide bonds. The summed E-state index contributed by atoms with van der Waals surface area (Å²) in [7, 11) is 3.94. The van der Waals surface area contributed by atoms with E-state index in [1.54, 1.807) is 23.6 Å². The van der Waals surface area contributed by atoms with Crippen LogP contribution in [0.25, 0.3) is 10.2 Å². The Balaban J connectivity index is 1.44. The molecule has 41 heavy (non-hydrogen) atoms. The third-order valence-electron chi connectivity index (χ3n) is 7.02. The predicted octanol–water partition coefficient (Wildman–Crippen LogP) is 6.19. The Labute approximate surface area is 249 Å². The summed E-state index contributed by atoms with van der Waals surface area (Å²) in [6.07, 6.45) is 5.87. The van der Waals surface area contributed by atoms with E-state index in [4.69, 9.17) is 16.3 Å². The number of anilines is 1. The van der Waals surface area contributed by atoms with Crippen LogP contribution in [0.15, 0.2) is 72.9 Å². The maximum Gasteiger partial charge on any atom is 0.246 e. The summed E-state index contributed by atoms with van der Waals surface area (Å²) in [5.41, 5.74) is 4.48. The van der Waals surface area contributed by atoms with Gasteiger partial charge in [0.05, 0.1) is 37.1 Å². The minimum Gasteiger partial charge on any atom is -0.374 e. The van der Waals surface area contributed by atoms with Gasteiger partial charge in [0.2, 0.25) is 5.91 Å². The number of nitrogens with one attached hydrogen (secondary N) is 1. The number of thiophene rings is 1. The molecule has 1 aliphatic heterocycles. The number of benzene rings is 2. The van der Waals surface area contributed by atoms with E-state index in [0.29, 0.717) is 49.9 Å². The summed E-state index contributed by atoms with van der Waals surface area (Å²) in [4.78, 5) is 23.3. The van der Waals surface area contributed by atoms with Crippen molar-refractivity contribution in [1.29, 1.82) is 5.26 Å². The summed E-state index contributed by atoms with van der Waals surface area (Å²) in [6.45, 7) is 2.72. The second-order valence-corrected chi connectivity index (χ2v) is 11.8. The van der Waals surface area contributed by atoms with E-state index in [1.807, 2.05) is 84.6 Å². The van der Waals surface area contributed by atoms with Gasteiger partial charge in [0.15, 0.2) is 0 Å². The third kappa shape index (κ3) is 6.95. The van der Waals surface area contributed by atoms with Crippen LogP contribution in [0, 0.1) is 11.3 Å². The first-order valence-corrected chi connectivity index (χ1v) is 14.7. The molecule has 4 aromatic rings. The molecule has 1 aliphatic rings. The Bertz CT molecular complexity index is 1580. The molecule has 1 atom stereocenters. The average Bonchev–Trinajstić information content (AvgIpc) is 3.35. The molecule has 0 spiro atoms. The molecule has 0 radical (unpaired) electrons. The van der Waals surface area contributed by atoms with Crippen LogP contribution in [0.4, 0.5) is 5.69 Å². The number of fused-ring (bicyclic) bond motifs is 3. The van der Waals surface area contributed by atoms with Crippen LogP contribution < -0.4 is 5.32 Å². The number of carbonyl (C=O) groups excluding carboxylic acids is 1. The quantitative estimate of drug-likeness (QED) is 0.223. The zero-order chi connectivity index (χ0) is 28.8. The number of rotatable bonds is 10. The van der Waals surface area contributed by atoms with E-state index in [9.17, 15) is 10.1 Å². The molecule has 0 saturated carbocycles. The molecule has 7 nitrogen and oxygen atoms in total. The number of ether oxygens (including phenoxy) is 1. The number of carbonyl (C=O) groups is 1. The molecule has 2 aromatic carbocycles. The Morgan fingerprint density at radius 2 is 2.02 bits per heavy atom. The average molecular weight is 586 g/mol. The number of halogens is 1. The van der Waals surface area contributed by atoms with Gasteiger partial charge in [-0.2, -0.15) is 5.26 Å². The lowest BCUT2D eigenvalue weighted by molar-refractivity contribution is -0.126. The molecular weight excluding hydrogens is 554 g/mol. The van der Waals surface area contributed by atoms with Crippen LogP contribution in [0.3, 0.4) is 0 Å². The Hall–Kier alpha value is -3.74. The van der Waals surface area contributed by atoms with Crippen molar-refractivity contribution >= 4 is 44.7 Å². The molecule has 0 saturated heterocycles. The van der Waals surface area contributed by atoms with Crippen LogP contribution in [-0.4, -0.2) is 54.5 Å². The zero-order valence-electron chi connectivity index (χ0n) is 23.1. The fraction of sp³-hybridized carbons (Fsp3) is 0.281. The number of aromatic nitrogens is 1. The molecule has 210 valence electrons. The number of amides is 1. The van der Waals surface area contributed by atoms with Gasteiger partial charge in [-0.15, -0.1) is 11.3 Å².